The monoisotopic (exact) mass is 422 g/mol. The Morgan fingerprint density at radius 2 is 0.650 bits per heavy atom. The van der Waals surface area contributed by atoms with Gasteiger partial charge in [-0.25, -0.2) is 0 Å². The maximum atomic E-state index is 10.5. The Kier molecular flexibility index (Phi) is 16.4. The van der Waals surface area contributed by atoms with Gasteiger partial charge >= 0.3 is 132 Å². The first kappa shape index (κ1) is 20.6. The van der Waals surface area contributed by atoms with Crippen LogP contribution in [0.4, 0.5) is 0 Å². The molecule has 0 saturated carbocycles. The van der Waals surface area contributed by atoms with Crippen molar-refractivity contribution in [1.82, 2.24) is 0 Å². The van der Waals surface area contributed by atoms with E-state index in [1.54, 1.807) is 0 Å². The molecule has 122 valence electrons. The van der Waals surface area contributed by atoms with E-state index >= 15 is 0 Å². The molecule has 0 heterocycles. The summed E-state index contributed by atoms with van der Waals surface area (Å²) in [5.41, 5.74) is 0. The second-order valence-electron chi connectivity index (χ2n) is 5.29. The molecule has 0 radical (unpaired) electrons. The van der Waals surface area contributed by atoms with Crippen LogP contribution in [0.15, 0.2) is 0 Å². The minimum atomic E-state index is -2.43. The summed E-state index contributed by atoms with van der Waals surface area (Å²) < 4.78 is 38.4. The molecule has 0 amide bonds. The van der Waals surface area contributed by atoms with Crippen molar-refractivity contribution in [3.8, 4) is 0 Å². The summed E-state index contributed by atoms with van der Waals surface area (Å²) in [6.45, 7) is 0. The quantitative estimate of drug-likeness (QED) is 0.314. The first-order valence-electron chi connectivity index (χ1n) is 7.78. The summed E-state index contributed by atoms with van der Waals surface area (Å²) in [4.78, 5) is 0. The molecule has 0 saturated heterocycles. The summed E-state index contributed by atoms with van der Waals surface area (Å²) in [6.07, 6.45) is 14.0. The zero-order valence-electron chi connectivity index (χ0n) is 12.4. The van der Waals surface area contributed by atoms with Crippen LogP contribution in [0.2, 0.25) is 10.6 Å². The van der Waals surface area contributed by atoms with E-state index in [1.807, 2.05) is 0 Å². The van der Waals surface area contributed by atoms with Crippen molar-refractivity contribution in [2.75, 3.05) is 0 Å². The summed E-state index contributed by atoms with van der Waals surface area (Å²) in [5, 5.41) is 1.04. The molecule has 20 heavy (non-hydrogen) atoms. The van der Waals surface area contributed by atoms with E-state index in [2.05, 4.69) is 0 Å². The molecule has 0 aromatic carbocycles. The third kappa shape index (κ3) is 18.6. The van der Waals surface area contributed by atoms with E-state index in [-0.39, 0.29) is 0 Å². The van der Waals surface area contributed by atoms with Crippen LogP contribution >= 0.6 is 0 Å². The van der Waals surface area contributed by atoms with Crippen molar-refractivity contribution in [2.24, 2.45) is 0 Å². The predicted molar refractivity (Wildman–Crippen MR) is 82.3 cm³/mol. The Hall–Kier alpha value is 0.559. The van der Waals surface area contributed by atoms with Crippen molar-refractivity contribution in [1.29, 1.82) is 0 Å². The van der Waals surface area contributed by atoms with Crippen LogP contribution in [0.5, 0.6) is 0 Å². The number of unbranched alkanes of at least 4 members (excludes halogenated alkanes) is 11. The van der Waals surface area contributed by atoms with Crippen molar-refractivity contribution in [3.63, 3.8) is 0 Å². The van der Waals surface area contributed by atoms with Crippen molar-refractivity contribution < 1.29 is 16.0 Å². The van der Waals surface area contributed by atoms with Crippen molar-refractivity contribution in [3.05, 3.63) is 0 Å². The van der Waals surface area contributed by atoms with Crippen LogP contribution in [-0.4, -0.2) is 36.7 Å². The molecule has 0 spiro atoms. The van der Waals surface area contributed by atoms with E-state index in [0.29, 0.717) is 10.6 Å². The Balaban J connectivity index is 2.99. The Morgan fingerprint density at radius 3 is 0.850 bits per heavy atom. The maximum absolute atomic E-state index is 10.5. The Morgan fingerprint density at radius 1 is 0.450 bits per heavy atom. The Bertz CT molecular complexity index is 234. The molecule has 0 aromatic heterocycles. The zero-order chi connectivity index (χ0) is 15.1. The predicted octanol–water partition coefficient (Wildman–Crippen LogP) is 3.49. The molecule has 6 heteroatoms. The first-order chi connectivity index (χ1) is 9.63. The molecule has 2 N–H and O–H groups in total. The van der Waals surface area contributed by atoms with Gasteiger partial charge in [0.05, 0.1) is 0 Å². The average molecular weight is 420 g/mol. The van der Waals surface area contributed by atoms with Gasteiger partial charge in [0.15, 0.2) is 0 Å². The number of hydrogen-bond acceptors (Lipinski definition) is 2. The molecule has 0 rings (SSSR count). The van der Waals surface area contributed by atoms with Crippen LogP contribution in [0.25, 0.3) is 0 Å². The van der Waals surface area contributed by atoms with E-state index in [0.717, 1.165) is 25.7 Å². The first-order valence-corrected chi connectivity index (χ1v) is 13.1. The second-order valence-corrected chi connectivity index (χ2v) is 9.70. The molecular weight excluding hydrogens is 390 g/mol. The summed E-state index contributed by atoms with van der Waals surface area (Å²) >= 11 is -4.85. The van der Waals surface area contributed by atoms with Gasteiger partial charge in [-0.05, 0) is 0 Å². The SMILES string of the molecule is O=[Se](O)CCCCCCCCCCCCCC[Se](=O)O. The van der Waals surface area contributed by atoms with Gasteiger partial charge in [0.1, 0.15) is 0 Å². The molecule has 0 aromatic rings. The minimum absolute atomic E-state index is 0.519. The molecule has 0 aliphatic heterocycles. The second kappa shape index (κ2) is 15.9. The van der Waals surface area contributed by atoms with Gasteiger partial charge in [-0.3, -0.25) is 0 Å². The van der Waals surface area contributed by atoms with Crippen LogP contribution in [0.3, 0.4) is 0 Å². The van der Waals surface area contributed by atoms with E-state index in [4.69, 9.17) is 8.38 Å². The van der Waals surface area contributed by atoms with Gasteiger partial charge < -0.3 is 0 Å². The topological polar surface area (TPSA) is 74.6 Å². The summed E-state index contributed by atoms with van der Waals surface area (Å²) in [6, 6.07) is 0. The molecule has 2 atom stereocenters. The fourth-order valence-corrected chi connectivity index (χ4v) is 4.11. The van der Waals surface area contributed by atoms with Crippen molar-refractivity contribution in [2.45, 2.75) is 87.7 Å². The fraction of sp³-hybridized carbons (Fsp3) is 1.00. The van der Waals surface area contributed by atoms with Gasteiger partial charge in [-0.1, -0.05) is 0 Å². The van der Waals surface area contributed by atoms with Crippen LogP contribution in [0, 0.1) is 0 Å². The molecule has 2 unspecified atom stereocenters. The standard InChI is InChI=1S/C14H30O4Se2/c15-19(16)13-11-9-7-5-3-1-2-4-6-8-10-12-14-20(17)18/h1-14H2,(H,15,16)(H,17,18). The van der Waals surface area contributed by atoms with Gasteiger partial charge in [-0.15, -0.1) is 0 Å². The molecular formula is C14H30O4Se2. The van der Waals surface area contributed by atoms with E-state index in [9.17, 15) is 7.67 Å². The fourth-order valence-electron chi connectivity index (χ4n) is 2.22. The molecule has 0 aliphatic carbocycles. The van der Waals surface area contributed by atoms with E-state index < -0.39 is 28.3 Å². The number of hydrogen-bond donors (Lipinski definition) is 2. The van der Waals surface area contributed by atoms with Gasteiger partial charge in [0.2, 0.25) is 0 Å². The average Bonchev–Trinajstić information content (AvgIpc) is 2.38. The molecule has 0 bridgehead atoms. The normalized spacial score (nSPS) is 14.3. The van der Waals surface area contributed by atoms with Crippen LogP contribution in [-0.2, 0) is 7.67 Å². The van der Waals surface area contributed by atoms with Gasteiger partial charge in [-0.2, -0.15) is 0 Å². The zero-order valence-corrected chi connectivity index (χ0v) is 15.9. The van der Waals surface area contributed by atoms with Gasteiger partial charge in [0.25, 0.3) is 0 Å². The molecule has 0 aliphatic rings. The number of rotatable bonds is 15. The van der Waals surface area contributed by atoms with Crippen LogP contribution in [0.1, 0.15) is 77.0 Å². The molecule has 4 nitrogen and oxygen atoms in total. The van der Waals surface area contributed by atoms with E-state index in [1.165, 1.54) is 51.4 Å². The molecule has 0 fully saturated rings. The summed E-state index contributed by atoms with van der Waals surface area (Å²) in [7, 11) is 0. The van der Waals surface area contributed by atoms with Crippen molar-refractivity contribution >= 4 is 28.3 Å². The Labute approximate surface area is 132 Å². The summed E-state index contributed by atoms with van der Waals surface area (Å²) in [5.74, 6) is 0. The van der Waals surface area contributed by atoms with Gasteiger partial charge in [0, 0.05) is 0 Å². The van der Waals surface area contributed by atoms with Crippen LogP contribution < -0.4 is 0 Å². The third-order valence-corrected chi connectivity index (χ3v) is 6.06. The third-order valence-electron chi connectivity index (χ3n) is 3.39.